The molecule has 1 heterocycles. The summed E-state index contributed by atoms with van der Waals surface area (Å²) in [4.78, 5) is 8.94. The Balaban J connectivity index is 1.95. The molecule has 2 aromatic carbocycles. The third kappa shape index (κ3) is 3.43. The zero-order valence-corrected chi connectivity index (χ0v) is 12.9. The highest BCUT2D eigenvalue weighted by molar-refractivity contribution is 6.29. The minimum atomic E-state index is 0.443. The third-order valence-corrected chi connectivity index (χ3v) is 3.51. The summed E-state index contributed by atoms with van der Waals surface area (Å²) in [6.45, 7) is 0. The van der Waals surface area contributed by atoms with Gasteiger partial charge in [0.15, 0.2) is 0 Å². The fourth-order valence-corrected chi connectivity index (χ4v) is 2.45. The molecule has 0 saturated carbocycles. The van der Waals surface area contributed by atoms with E-state index in [1.165, 1.54) is 0 Å². The Kier molecular flexibility index (Phi) is 4.35. The number of methoxy groups -OCH3 is 1. The Labute approximate surface area is 134 Å². The molecule has 0 aliphatic rings. The molecule has 3 aromatic rings. The highest BCUT2D eigenvalue weighted by Crippen LogP contribution is 2.24. The van der Waals surface area contributed by atoms with Gasteiger partial charge in [0.1, 0.15) is 16.7 Å². The van der Waals surface area contributed by atoms with Crippen molar-refractivity contribution in [3.63, 3.8) is 0 Å². The minimum Gasteiger partial charge on any atom is -0.497 e. The number of hydrogen-bond acceptors (Lipinski definition) is 3. The van der Waals surface area contributed by atoms with Crippen LogP contribution >= 0.6 is 11.6 Å². The molecule has 0 bridgehead atoms. The molecule has 0 radical (unpaired) electrons. The molecule has 0 unspecified atom stereocenters. The molecule has 0 fully saturated rings. The summed E-state index contributed by atoms with van der Waals surface area (Å²) in [5.41, 5.74) is 2.91. The second-order valence-corrected chi connectivity index (χ2v) is 5.27. The zero-order chi connectivity index (χ0) is 15.4. The standard InChI is InChI=1S/C18H15ClN2O/c1-22-15-9-5-8-14(11-15)16-12-17(19)21-18(20-16)10-13-6-3-2-4-7-13/h2-9,11-12H,10H2,1H3. The zero-order valence-electron chi connectivity index (χ0n) is 12.2. The van der Waals surface area contributed by atoms with Gasteiger partial charge in [-0.05, 0) is 17.7 Å². The first kappa shape index (κ1) is 14.5. The van der Waals surface area contributed by atoms with Gasteiger partial charge in [-0.2, -0.15) is 0 Å². The number of rotatable bonds is 4. The Bertz CT molecular complexity index is 775. The Morgan fingerprint density at radius 3 is 2.55 bits per heavy atom. The van der Waals surface area contributed by atoms with Crippen molar-refractivity contribution in [2.45, 2.75) is 6.42 Å². The van der Waals surface area contributed by atoms with E-state index in [4.69, 9.17) is 16.3 Å². The summed E-state index contributed by atoms with van der Waals surface area (Å²) >= 11 is 6.16. The largest absolute Gasteiger partial charge is 0.497 e. The lowest BCUT2D eigenvalue weighted by molar-refractivity contribution is 0.415. The van der Waals surface area contributed by atoms with Crippen LogP contribution in [0.5, 0.6) is 5.75 Å². The van der Waals surface area contributed by atoms with Crippen LogP contribution in [0.25, 0.3) is 11.3 Å². The SMILES string of the molecule is COc1cccc(-c2cc(Cl)nc(Cc3ccccc3)n2)c1. The number of nitrogens with zero attached hydrogens (tertiary/aromatic N) is 2. The highest BCUT2D eigenvalue weighted by atomic mass is 35.5. The first-order valence-electron chi connectivity index (χ1n) is 6.96. The molecule has 22 heavy (non-hydrogen) atoms. The number of ether oxygens (including phenoxy) is 1. The van der Waals surface area contributed by atoms with Crippen molar-refractivity contribution in [2.75, 3.05) is 7.11 Å². The van der Waals surface area contributed by atoms with E-state index in [0.717, 1.165) is 22.6 Å². The summed E-state index contributed by atoms with van der Waals surface area (Å²) in [7, 11) is 1.65. The maximum Gasteiger partial charge on any atom is 0.135 e. The van der Waals surface area contributed by atoms with E-state index in [1.54, 1.807) is 13.2 Å². The lowest BCUT2D eigenvalue weighted by Crippen LogP contribution is -1.99. The normalized spacial score (nSPS) is 10.5. The fraction of sp³-hybridized carbons (Fsp3) is 0.111. The molecule has 0 saturated heterocycles. The number of halogens is 1. The maximum absolute atomic E-state index is 6.16. The Morgan fingerprint density at radius 1 is 0.955 bits per heavy atom. The van der Waals surface area contributed by atoms with Gasteiger partial charge in [-0.3, -0.25) is 0 Å². The minimum absolute atomic E-state index is 0.443. The number of hydrogen-bond donors (Lipinski definition) is 0. The van der Waals surface area contributed by atoms with Gasteiger partial charge in [0.25, 0.3) is 0 Å². The van der Waals surface area contributed by atoms with Gasteiger partial charge >= 0.3 is 0 Å². The molecule has 3 nitrogen and oxygen atoms in total. The molecule has 0 atom stereocenters. The van der Waals surface area contributed by atoms with E-state index < -0.39 is 0 Å². The summed E-state index contributed by atoms with van der Waals surface area (Å²) in [6, 6.07) is 19.6. The van der Waals surface area contributed by atoms with Gasteiger partial charge in [0, 0.05) is 18.1 Å². The number of benzene rings is 2. The third-order valence-electron chi connectivity index (χ3n) is 3.31. The Hall–Kier alpha value is -2.39. The van der Waals surface area contributed by atoms with Crippen LogP contribution in [0.2, 0.25) is 5.15 Å². The van der Waals surface area contributed by atoms with Gasteiger partial charge in [-0.15, -0.1) is 0 Å². The fourth-order valence-electron chi connectivity index (χ4n) is 2.25. The molecule has 0 aliphatic carbocycles. The first-order valence-corrected chi connectivity index (χ1v) is 7.34. The predicted octanol–water partition coefficient (Wildman–Crippen LogP) is 4.40. The van der Waals surface area contributed by atoms with Crippen molar-refractivity contribution in [1.82, 2.24) is 9.97 Å². The quantitative estimate of drug-likeness (QED) is 0.670. The van der Waals surface area contributed by atoms with Crippen molar-refractivity contribution >= 4 is 11.6 Å². The topological polar surface area (TPSA) is 35.0 Å². The molecule has 0 amide bonds. The average Bonchev–Trinajstić information content (AvgIpc) is 2.55. The second-order valence-electron chi connectivity index (χ2n) is 4.89. The van der Waals surface area contributed by atoms with Crippen LogP contribution in [0.15, 0.2) is 60.7 Å². The molecule has 0 aliphatic heterocycles. The van der Waals surface area contributed by atoms with Crippen molar-refractivity contribution in [2.24, 2.45) is 0 Å². The van der Waals surface area contributed by atoms with Gasteiger partial charge in [0.05, 0.1) is 12.8 Å². The monoisotopic (exact) mass is 310 g/mol. The van der Waals surface area contributed by atoms with Crippen molar-refractivity contribution in [3.05, 3.63) is 77.2 Å². The molecule has 1 aromatic heterocycles. The van der Waals surface area contributed by atoms with Crippen LogP contribution in [0.4, 0.5) is 0 Å². The van der Waals surface area contributed by atoms with Crippen LogP contribution in [-0.2, 0) is 6.42 Å². The van der Waals surface area contributed by atoms with Gasteiger partial charge in [-0.1, -0.05) is 54.1 Å². The van der Waals surface area contributed by atoms with E-state index in [-0.39, 0.29) is 0 Å². The number of aromatic nitrogens is 2. The van der Waals surface area contributed by atoms with Crippen LogP contribution in [0, 0.1) is 0 Å². The van der Waals surface area contributed by atoms with E-state index in [9.17, 15) is 0 Å². The molecule has 0 N–H and O–H groups in total. The van der Waals surface area contributed by atoms with Crippen LogP contribution in [0.3, 0.4) is 0 Å². The predicted molar refractivity (Wildman–Crippen MR) is 88.3 cm³/mol. The molecule has 110 valence electrons. The molecule has 0 spiro atoms. The Morgan fingerprint density at radius 2 is 1.77 bits per heavy atom. The summed E-state index contributed by atoms with van der Waals surface area (Å²) < 4.78 is 5.26. The smallest absolute Gasteiger partial charge is 0.135 e. The van der Waals surface area contributed by atoms with Crippen molar-refractivity contribution in [3.8, 4) is 17.0 Å². The summed E-state index contributed by atoms with van der Waals surface area (Å²) in [5, 5.41) is 0.443. The van der Waals surface area contributed by atoms with Crippen LogP contribution < -0.4 is 4.74 Å². The summed E-state index contributed by atoms with van der Waals surface area (Å²) in [6.07, 6.45) is 0.651. The lowest BCUT2D eigenvalue weighted by atomic mass is 10.1. The van der Waals surface area contributed by atoms with Gasteiger partial charge in [0.2, 0.25) is 0 Å². The lowest BCUT2D eigenvalue weighted by Gasteiger charge is -2.07. The van der Waals surface area contributed by atoms with E-state index >= 15 is 0 Å². The van der Waals surface area contributed by atoms with Gasteiger partial charge in [-0.25, -0.2) is 9.97 Å². The van der Waals surface area contributed by atoms with Gasteiger partial charge < -0.3 is 4.74 Å². The van der Waals surface area contributed by atoms with E-state index in [2.05, 4.69) is 22.1 Å². The van der Waals surface area contributed by atoms with E-state index in [0.29, 0.717) is 17.4 Å². The molecule has 4 heteroatoms. The van der Waals surface area contributed by atoms with Crippen LogP contribution in [0.1, 0.15) is 11.4 Å². The highest BCUT2D eigenvalue weighted by Gasteiger charge is 2.07. The van der Waals surface area contributed by atoms with Crippen molar-refractivity contribution in [1.29, 1.82) is 0 Å². The van der Waals surface area contributed by atoms with Crippen LogP contribution in [-0.4, -0.2) is 17.1 Å². The molecular weight excluding hydrogens is 296 g/mol. The molecule has 3 rings (SSSR count). The second kappa shape index (κ2) is 6.58. The van der Waals surface area contributed by atoms with E-state index in [1.807, 2.05) is 42.5 Å². The summed E-state index contributed by atoms with van der Waals surface area (Å²) in [5.74, 6) is 1.49. The van der Waals surface area contributed by atoms with Crippen molar-refractivity contribution < 1.29 is 4.74 Å². The molecular formula is C18H15ClN2O. The first-order chi connectivity index (χ1) is 10.7. The average molecular weight is 311 g/mol. The maximum atomic E-state index is 6.16.